The van der Waals surface area contributed by atoms with Crippen LogP contribution in [0.5, 0.6) is 0 Å². The molecule has 29 heavy (non-hydrogen) atoms. The Morgan fingerprint density at radius 3 is 1.66 bits per heavy atom. The number of halogens is 1. The third kappa shape index (κ3) is 3.35. The molecule has 0 spiro atoms. The third-order valence-electron chi connectivity index (χ3n) is 5.56. The van der Waals surface area contributed by atoms with Crippen molar-refractivity contribution in [2.24, 2.45) is 5.41 Å². The number of rotatable bonds is 2. The summed E-state index contributed by atoms with van der Waals surface area (Å²) in [5.41, 5.74) is 6.71. The van der Waals surface area contributed by atoms with Gasteiger partial charge in [-0.3, -0.25) is 0 Å². The maximum absolute atomic E-state index is 13.5. The van der Waals surface area contributed by atoms with E-state index in [9.17, 15) is 9.59 Å². The molecule has 3 rings (SSSR count). The van der Waals surface area contributed by atoms with E-state index in [0.717, 1.165) is 44.8 Å². The van der Waals surface area contributed by atoms with Crippen molar-refractivity contribution in [2.45, 2.75) is 55.4 Å². The molecule has 2 aromatic carbocycles. The van der Waals surface area contributed by atoms with Gasteiger partial charge in [0, 0.05) is 0 Å². The van der Waals surface area contributed by atoms with E-state index < -0.39 is 5.41 Å². The fourth-order valence-corrected chi connectivity index (χ4v) is 5.03. The van der Waals surface area contributed by atoms with Gasteiger partial charge >= 0.3 is 16.6 Å². The third-order valence-corrected chi connectivity index (χ3v) is 6.27. The summed E-state index contributed by atoms with van der Waals surface area (Å²) in [5, 5.41) is 0. The van der Waals surface area contributed by atoms with Crippen LogP contribution in [-0.4, -0.2) is 21.1 Å². The fourth-order valence-electron chi connectivity index (χ4n) is 4.36. The van der Waals surface area contributed by atoms with E-state index in [1.54, 1.807) is 23.3 Å². The van der Waals surface area contributed by atoms with Crippen LogP contribution in [0.4, 0.5) is 11.4 Å². The zero-order valence-corrected chi connectivity index (χ0v) is 20.0. The molecule has 0 bridgehead atoms. The Balaban J connectivity index is 2.40. The van der Waals surface area contributed by atoms with Crippen LogP contribution in [0.2, 0.25) is 0 Å². The van der Waals surface area contributed by atoms with Crippen LogP contribution in [-0.2, 0) is 9.59 Å². The second kappa shape index (κ2) is 7.21. The van der Waals surface area contributed by atoms with Gasteiger partial charge in [-0.2, -0.15) is 9.48 Å². The molecule has 0 atom stereocenters. The Morgan fingerprint density at radius 1 is 0.793 bits per heavy atom. The van der Waals surface area contributed by atoms with Crippen molar-refractivity contribution in [2.75, 3.05) is 4.90 Å². The van der Waals surface area contributed by atoms with Crippen molar-refractivity contribution in [1.29, 1.82) is 0 Å². The van der Waals surface area contributed by atoms with Gasteiger partial charge in [0.1, 0.15) is 11.4 Å². The summed E-state index contributed by atoms with van der Waals surface area (Å²) in [5.74, 6) is -0.466. The summed E-state index contributed by atoms with van der Waals surface area (Å²) in [6, 6.07) is 8.25. The lowest BCUT2D eigenvalue weighted by Gasteiger charge is -2.32. The number of hydrogen-bond acceptors (Lipinski definition) is 2. The van der Waals surface area contributed by atoms with E-state index in [-0.39, 0.29) is 11.8 Å². The van der Waals surface area contributed by atoms with Crippen molar-refractivity contribution in [1.82, 2.24) is 0 Å². The first-order valence-electron chi connectivity index (χ1n) is 9.75. The number of amides is 2. The predicted octanol–water partition coefficient (Wildman–Crippen LogP) is 5.53. The summed E-state index contributed by atoms with van der Waals surface area (Å²) in [6.07, 6.45) is 0. The summed E-state index contributed by atoms with van der Waals surface area (Å²) in [7, 11) is 0. The second-order valence-corrected chi connectivity index (χ2v) is 9.38. The smallest absolute Gasteiger partial charge is 0.245 e. The molecule has 1 aliphatic rings. The number of carbonyl (C=O) groups is 2. The number of amidine groups is 1. The zero-order valence-electron chi connectivity index (χ0n) is 18.4. The summed E-state index contributed by atoms with van der Waals surface area (Å²) in [4.78, 5) is 28.6. The lowest BCUT2D eigenvalue weighted by molar-refractivity contribution is -0.376. The molecule has 5 heteroatoms. The number of nitrogens with zero attached hydrogens (tertiary/aromatic N) is 2. The van der Waals surface area contributed by atoms with Crippen molar-refractivity contribution in [3.63, 3.8) is 0 Å². The number of aryl methyl sites for hydroxylation is 6. The zero-order chi connectivity index (χ0) is 21.8. The fraction of sp³-hybridized carbons (Fsp3) is 0.375. The van der Waals surface area contributed by atoms with Gasteiger partial charge in [0.2, 0.25) is 0 Å². The molecule has 0 saturated carbocycles. The Hall–Kier alpha value is -2.27. The number of anilines is 1. The van der Waals surface area contributed by atoms with Crippen molar-refractivity contribution < 1.29 is 14.2 Å². The molecule has 0 aliphatic carbocycles. The minimum atomic E-state index is -1.19. The molecule has 2 aromatic rings. The molecule has 1 heterocycles. The van der Waals surface area contributed by atoms with Gasteiger partial charge in [-0.1, -0.05) is 35.4 Å². The SMILES string of the molecule is Cc1cc(C)c(N2C(=O)C(C)(C)C(=O)[N+](c3c(C)cc(C)cc3C)=C2Br)c(C)c1. The average Bonchev–Trinajstić information content (AvgIpc) is 2.58. The van der Waals surface area contributed by atoms with Crippen molar-refractivity contribution >= 4 is 43.9 Å². The molecule has 0 aromatic heterocycles. The number of carbonyl (C=O) groups excluding carboxylic acids is 2. The molecular weight excluding hydrogens is 428 g/mol. The maximum Gasteiger partial charge on any atom is 0.341 e. The number of benzene rings is 2. The highest BCUT2D eigenvalue weighted by molar-refractivity contribution is 9.18. The van der Waals surface area contributed by atoms with Crippen LogP contribution in [0.3, 0.4) is 0 Å². The Kier molecular flexibility index (Phi) is 5.33. The van der Waals surface area contributed by atoms with Gasteiger partial charge < -0.3 is 0 Å². The lowest BCUT2D eigenvalue weighted by atomic mass is 9.87. The van der Waals surface area contributed by atoms with Gasteiger partial charge in [-0.15, -0.1) is 0 Å². The maximum atomic E-state index is 13.5. The van der Waals surface area contributed by atoms with Crippen molar-refractivity contribution in [3.8, 4) is 0 Å². The van der Waals surface area contributed by atoms with Gasteiger partial charge in [0.05, 0.1) is 15.9 Å². The standard InChI is InChI=1S/C24H28BrN2O2/c1-13-9-15(3)19(16(4)10-13)26-21(28)24(7,8)22(29)27(23(26)25)20-17(5)11-14(2)12-18(20)6/h9-12H,1-8H3/q+1. The highest BCUT2D eigenvalue weighted by Crippen LogP contribution is 2.39. The van der Waals surface area contributed by atoms with E-state index in [1.807, 2.05) is 41.5 Å². The topological polar surface area (TPSA) is 40.4 Å². The first kappa shape index (κ1) is 21.4. The van der Waals surface area contributed by atoms with E-state index in [0.29, 0.717) is 4.74 Å². The van der Waals surface area contributed by atoms with Gasteiger partial charge in [0.25, 0.3) is 0 Å². The van der Waals surface area contributed by atoms with Crippen LogP contribution < -0.4 is 4.90 Å². The quantitative estimate of drug-likeness (QED) is 0.339. The number of hydrogen-bond donors (Lipinski definition) is 0. The molecule has 0 radical (unpaired) electrons. The molecule has 0 fully saturated rings. The molecular formula is C24H28BrN2O2+. The van der Waals surface area contributed by atoms with Gasteiger partial charge in [0.15, 0.2) is 5.41 Å². The summed E-state index contributed by atoms with van der Waals surface area (Å²) < 4.78 is 2.10. The molecule has 0 unspecified atom stereocenters. The molecule has 1 aliphatic heterocycles. The van der Waals surface area contributed by atoms with Gasteiger partial charge in [-0.05, 0) is 77.6 Å². The summed E-state index contributed by atoms with van der Waals surface area (Å²) in [6.45, 7) is 15.5. The first-order chi connectivity index (χ1) is 13.4. The predicted molar refractivity (Wildman–Crippen MR) is 121 cm³/mol. The first-order valence-corrected chi connectivity index (χ1v) is 10.5. The minimum Gasteiger partial charge on any atom is -0.245 e. The Labute approximate surface area is 181 Å². The van der Waals surface area contributed by atoms with E-state index in [1.165, 1.54) is 0 Å². The monoisotopic (exact) mass is 455 g/mol. The lowest BCUT2D eigenvalue weighted by Crippen LogP contribution is -2.57. The highest BCUT2D eigenvalue weighted by atomic mass is 79.9. The summed E-state index contributed by atoms with van der Waals surface area (Å²) >= 11 is 3.63. The molecule has 152 valence electrons. The van der Waals surface area contributed by atoms with Crippen LogP contribution in [0, 0.1) is 47.0 Å². The largest absolute Gasteiger partial charge is 0.341 e. The Bertz CT molecular complexity index is 1050. The second-order valence-electron chi connectivity index (χ2n) is 8.67. The van der Waals surface area contributed by atoms with Gasteiger partial charge in [-0.25, -0.2) is 9.59 Å². The minimum absolute atomic E-state index is 0.233. The molecule has 2 amide bonds. The highest BCUT2D eigenvalue weighted by Gasteiger charge is 2.56. The van der Waals surface area contributed by atoms with Crippen LogP contribution in [0.25, 0.3) is 0 Å². The normalized spacial score (nSPS) is 16.7. The van der Waals surface area contributed by atoms with Crippen LogP contribution in [0.15, 0.2) is 24.3 Å². The molecule has 0 N–H and O–H groups in total. The van der Waals surface area contributed by atoms with E-state index >= 15 is 0 Å². The van der Waals surface area contributed by atoms with Crippen LogP contribution in [0.1, 0.15) is 47.2 Å². The van der Waals surface area contributed by atoms with Crippen LogP contribution >= 0.6 is 15.9 Å². The average molecular weight is 456 g/mol. The Morgan fingerprint density at radius 2 is 1.21 bits per heavy atom. The van der Waals surface area contributed by atoms with Crippen molar-refractivity contribution in [3.05, 3.63) is 57.6 Å². The molecule has 0 saturated heterocycles. The van der Waals surface area contributed by atoms with E-state index in [2.05, 4.69) is 40.2 Å². The van der Waals surface area contributed by atoms with E-state index in [4.69, 9.17) is 0 Å². The molecule has 4 nitrogen and oxygen atoms in total.